The minimum absolute atomic E-state index is 0.247. The zero-order chi connectivity index (χ0) is 11.1. The zero-order valence-electron chi connectivity index (χ0n) is 8.97. The van der Waals surface area contributed by atoms with Crippen LogP contribution >= 0.6 is 11.8 Å². The maximum Gasteiger partial charge on any atom is 0.372 e. The van der Waals surface area contributed by atoms with Crippen LogP contribution in [0.1, 0.15) is 0 Å². The second-order valence-electron chi connectivity index (χ2n) is 3.32. The van der Waals surface area contributed by atoms with Gasteiger partial charge in [0, 0.05) is 11.4 Å². The smallest absolute Gasteiger partial charge is 0.372 e. The number of carbonyl (C=O) groups is 1. The molecular formula is C11H15NO2S. The second-order valence-corrected chi connectivity index (χ2v) is 4.33. The van der Waals surface area contributed by atoms with Crippen LogP contribution in [-0.4, -0.2) is 37.4 Å². The van der Waals surface area contributed by atoms with Gasteiger partial charge in [0.05, 0.1) is 0 Å². The van der Waals surface area contributed by atoms with E-state index in [4.69, 9.17) is 4.74 Å². The second kappa shape index (κ2) is 6.48. The van der Waals surface area contributed by atoms with Crippen molar-refractivity contribution in [2.45, 2.75) is 4.90 Å². The normalized spacial score (nSPS) is 10.3. The summed E-state index contributed by atoms with van der Waals surface area (Å²) in [5.74, 6) is 0. The molecule has 82 valence electrons. The molecule has 0 atom stereocenters. The van der Waals surface area contributed by atoms with Crippen molar-refractivity contribution in [1.29, 1.82) is 0 Å². The fourth-order valence-electron chi connectivity index (χ4n) is 0.926. The molecule has 1 aromatic rings. The topological polar surface area (TPSA) is 29.5 Å². The van der Waals surface area contributed by atoms with Gasteiger partial charge in [-0.2, -0.15) is 0 Å². The van der Waals surface area contributed by atoms with E-state index in [1.165, 1.54) is 0 Å². The highest BCUT2D eigenvalue weighted by atomic mass is 32.2. The van der Waals surface area contributed by atoms with Gasteiger partial charge in [-0.25, -0.2) is 4.79 Å². The molecule has 0 saturated carbocycles. The molecule has 1 aromatic carbocycles. The minimum atomic E-state index is -0.247. The quantitative estimate of drug-likeness (QED) is 0.581. The largest absolute Gasteiger partial charge is 0.456 e. The van der Waals surface area contributed by atoms with E-state index in [-0.39, 0.29) is 5.30 Å². The van der Waals surface area contributed by atoms with Crippen molar-refractivity contribution in [3.63, 3.8) is 0 Å². The first-order valence-corrected chi connectivity index (χ1v) is 5.54. The number of thioether (sulfide) groups is 1. The Kier molecular flexibility index (Phi) is 5.21. The summed E-state index contributed by atoms with van der Waals surface area (Å²) < 4.78 is 5.04. The van der Waals surface area contributed by atoms with Crippen LogP contribution in [0.4, 0.5) is 4.79 Å². The molecule has 0 radical (unpaired) electrons. The summed E-state index contributed by atoms with van der Waals surface area (Å²) in [7, 11) is 3.89. The van der Waals surface area contributed by atoms with E-state index in [1.807, 2.05) is 49.3 Å². The Balaban J connectivity index is 2.25. The van der Waals surface area contributed by atoms with Gasteiger partial charge in [0.25, 0.3) is 0 Å². The van der Waals surface area contributed by atoms with E-state index in [2.05, 4.69) is 0 Å². The first-order valence-electron chi connectivity index (χ1n) is 4.73. The summed E-state index contributed by atoms with van der Waals surface area (Å²) >= 11 is 1.12. The molecule has 15 heavy (non-hydrogen) atoms. The van der Waals surface area contributed by atoms with Crippen molar-refractivity contribution in [2.24, 2.45) is 0 Å². The molecule has 0 aromatic heterocycles. The number of likely N-dealkylation sites (N-methyl/N-ethyl adjacent to an activating group) is 1. The van der Waals surface area contributed by atoms with Crippen LogP contribution in [0.2, 0.25) is 0 Å². The number of carbonyl (C=O) groups excluding carboxylic acids is 1. The molecule has 0 fully saturated rings. The summed E-state index contributed by atoms with van der Waals surface area (Å²) in [6.45, 7) is 1.19. The lowest BCUT2D eigenvalue weighted by molar-refractivity contribution is 0.163. The number of rotatable bonds is 4. The highest BCUT2D eigenvalue weighted by Gasteiger charge is 2.04. The van der Waals surface area contributed by atoms with Crippen molar-refractivity contribution >= 4 is 17.1 Å². The number of ether oxygens (including phenoxy) is 1. The molecular weight excluding hydrogens is 210 g/mol. The number of benzene rings is 1. The highest BCUT2D eigenvalue weighted by molar-refractivity contribution is 8.13. The number of hydrogen-bond acceptors (Lipinski definition) is 4. The van der Waals surface area contributed by atoms with E-state index in [1.54, 1.807) is 0 Å². The van der Waals surface area contributed by atoms with Gasteiger partial charge < -0.3 is 9.64 Å². The molecule has 0 bridgehead atoms. The van der Waals surface area contributed by atoms with Gasteiger partial charge in [-0.05, 0) is 38.0 Å². The SMILES string of the molecule is CN(C)CCOC(=O)Sc1ccccc1. The molecule has 4 heteroatoms. The molecule has 0 aliphatic rings. The third-order valence-corrected chi connectivity index (χ3v) is 2.50. The number of nitrogens with zero attached hydrogens (tertiary/aromatic N) is 1. The maximum absolute atomic E-state index is 11.3. The molecule has 0 heterocycles. The predicted octanol–water partition coefficient (Wildman–Crippen LogP) is 2.48. The van der Waals surface area contributed by atoms with Crippen molar-refractivity contribution in [1.82, 2.24) is 4.90 Å². The molecule has 0 amide bonds. The fraction of sp³-hybridized carbons (Fsp3) is 0.364. The van der Waals surface area contributed by atoms with Crippen LogP contribution in [0.25, 0.3) is 0 Å². The van der Waals surface area contributed by atoms with Gasteiger partial charge in [-0.1, -0.05) is 18.2 Å². The van der Waals surface area contributed by atoms with Crippen molar-refractivity contribution < 1.29 is 9.53 Å². The Hall–Kier alpha value is -1.00. The van der Waals surface area contributed by atoms with Crippen molar-refractivity contribution in [3.8, 4) is 0 Å². The summed E-state index contributed by atoms with van der Waals surface area (Å²) in [5.41, 5.74) is 0. The van der Waals surface area contributed by atoms with E-state index >= 15 is 0 Å². The molecule has 1 rings (SSSR count). The minimum Gasteiger partial charge on any atom is -0.456 e. The van der Waals surface area contributed by atoms with Crippen LogP contribution in [-0.2, 0) is 4.74 Å². The van der Waals surface area contributed by atoms with E-state index in [0.29, 0.717) is 6.61 Å². The van der Waals surface area contributed by atoms with Crippen LogP contribution in [0.3, 0.4) is 0 Å². The Morgan fingerprint density at radius 2 is 2.00 bits per heavy atom. The summed E-state index contributed by atoms with van der Waals surface area (Å²) in [6.07, 6.45) is 0. The van der Waals surface area contributed by atoms with Crippen LogP contribution < -0.4 is 0 Å². The first kappa shape index (κ1) is 12.1. The molecule has 0 unspecified atom stereocenters. The van der Waals surface area contributed by atoms with Crippen molar-refractivity contribution in [2.75, 3.05) is 27.2 Å². The van der Waals surface area contributed by atoms with Crippen LogP contribution in [0.5, 0.6) is 0 Å². The van der Waals surface area contributed by atoms with E-state index in [0.717, 1.165) is 23.2 Å². The average molecular weight is 225 g/mol. The fourth-order valence-corrected chi connectivity index (χ4v) is 1.55. The molecule has 0 N–H and O–H groups in total. The highest BCUT2D eigenvalue weighted by Crippen LogP contribution is 2.18. The molecule has 3 nitrogen and oxygen atoms in total. The Morgan fingerprint density at radius 3 is 2.60 bits per heavy atom. The van der Waals surface area contributed by atoms with Gasteiger partial charge in [-0.3, -0.25) is 0 Å². The maximum atomic E-state index is 11.3. The van der Waals surface area contributed by atoms with E-state index in [9.17, 15) is 4.79 Å². The third-order valence-electron chi connectivity index (χ3n) is 1.70. The number of hydrogen-bond donors (Lipinski definition) is 0. The molecule has 0 spiro atoms. The molecule has 0 aliphatic heterocycles. The summed E-state index contributed by atoms with van der Waals surface area (Å²) in [6, 6.07) is 9.49. The van der Waals surface area contributed by atoms with Gasteiger partial charge in [0.1, 0.15) is 6.61 Å². The Morgan fingerprint density at radius 1 is 1.33 bits per heavy atom. The van der Waals surface area contributed by atoms with Gasteiger partial charge in [-0.15, -0.1) is 0 Å². The standard InChI is InChI=1S/C11H15NO2S/c1-12(2)8-9-14-11(13)15-10-6-4-3-5-7-10/h3-7H,8-9H2,1-2H3. The lowest BCUT2D eigenvalue weighted by Gasteiger charge is -2.09. The lowest BCUT2D eigenvalue weighted by Crippen LogP contribution is -2.18. The summed E-state index contributed by atoms with van der Waals surface area (Å²) in [5, 5.41) is -0.247. The predicted molar refractivity (Wildman–Crippen MR) is 62.2 cm³/mol. The molecule has 0 aliphatic carbocycles. The lowest BCUT2D eigenvalue weighted by atomic mass is 10.4. The van der Waals surface area contributed by atoms with E-state index < -0.39 is 0 Å². The Bertz CT molecular complexity index is 301. The summed E-state index contributed by atoms with van der Waals surface area (Å²) in [4.78, 5) is 14.2. The zero-order valence-corrected chi connectivity index (χ0v) is 9.79. The van der Waals surface area contributed by atoms with Crippen molar-refractivity contribution in [3.05, 3.63) is 30.3 Å². The van der Waals surface area contributed by atoms with Crippen LogP contribution in [0, 0.1) is 0 Å². The first-order chi connectivity index (χ1) is 7.18. The monoisotopic (exact) mass is 225 g/mol. The Labute approximate surface area is 94.4 Å². The van der Waals surface area contributed by atoms with Gasteiger partial charge in [0.2, 0.25) is 0 Å². The van der Waals surface area contributed by atoms with Crippen LogP contribution in [0.15, 0.2) is 35.2 Å². The van der Waals surface area contributed by atoms with Gasteiger partial charge >= 0.3 is 5.30 Å². The van der Waals surface area contributed by atoms with Gasteiger partial charge in [0.15, 0.2) is 0 Å². The average Bonchev–Trinajstić information content (AvgIpc) is 2.18. The third kappa shape index (κ3) is 5.44. The molecule has 0 saturated heterocycles.